The molecule has 1 amide bonds. The number of hydrogen-bond acceptors (Lipinski definition) is 7. The number of sulfonamides is 1. The van der Waals surface area contributed by atoms with Gasteiger partial charge in [-0.25, -0.2) is 8.42 Å². The van der Waals surface area contributed by atoms with Crippen molar-refractivity contribution in [3.05, 3.63) is 70.4 Å². The quantitative estimate of drug-likeness (QED) is 0.372. The molecule has 2 aliphatic rings. The van der Waals surface area contributed by atoms with Crippen LogP contribution >= 0.6 is 0 Å². The number of carbonyl (C=O) groups excluding carboxylic acids is 1. The molecule has 2 saturated heterocycles. The van der Waals surface area contributed by atoms with E-state index in [1.807, 2.05) is 30.0 Å². The van der Waals surface area contributed by atoms with E-state index in [9.17, 15) is 23.3 Å². The van der Waals surface area contributed by atoms with Gasteiger partial charge in [-0.2, -0.15) is 4.31 Å². The molecule has 0 bridgehead atoms. The van der Waals surface area contributed by atoms with Crippen molar-refractivity contribution in [3.63, 3.8) is 0 Å². The van der Waals surface area contributed by atoms with E-state index in [0.29, 0.717) is 39.0 Å². The molecule has 2 aliphatic heterocycles. The molecule has 11 heteroatoms. The summed E-state index contributed by atoms with van der Waals surface area (Å²) in [4.78, 5) is 32.5. The van der Waals surface area contributed by atoms with Crippen LogP contribution in [0.3, 0.4) is 0 Å². The number of aryl methyl sites for hydroxylation is 1. The van der Waals surface area contributed by atoms with Crippen molar-refractivity contribution < 1.29 is 18.1 Å². The number of carbonyl (C=O) groups is 1. The number of benzene rings is 2. The van der Waals surface area contributed by atoms with E-state index in [4.69, 9.17) is 0 Å². The first-order valence-electron chi connectivity index (χ1n) is 12.4. The van der Waals surface area contributed by atoms with E-state index in [1.165, 1.54) is 22.5 Å². The topological polar surface area (TPSA) is 117 Å². The van der Waals surface area contributed by atoms with Crippen LogP contribution in [0.25, 0.3) is 10.9 Å². The number of para-hydroxylation sites is 1. The summed E-state index contributed by atoms with van der Waals surface area (Å²) in [5.74, 6) is -0.466. The van der Waals surface area contributed by atoms with Crippen LogP contribution in [0.5, 0.6) is 0 Å². The average molecular weight is 524 g/mol. The lowest BCUT2D eigenvalue weighted by molar-refractivity contribution is -0.385. The highest BCUT2D eigenvalue weighted by Gasteiger charge is 2.36. The fraction of sp³-hybridized carbons (Fsp3) is 0.385. The molecule has 0 saturated carbocycles. The van der Waals surface area contributed by atoms with Gasteiger partial charge < -0.3 is 9.80 Å². The molecule has 1 aromatic heterocycles. The summed E-state index contributed by atoms with van der Waals surface area (Å²) in [6.45, 7) is 4.83. The molecule has 10 nitrogen and oxygen atoms in total. The number of piperazine rings is 1. The second-order valence-electron chi connectivity index (χ2n) is 9.57. The zero-order chi connectivity index (χ0) is 26.2. The molecule has 3 aromatic rings. The van der Waals surface area contributed by atoms with Crippen molar-refractivity contribution in [2.24, 2.45) is 5.92 Å². The molecular weight excluding hydrogens is 494 g/mol. The van der Waals surface area contributed by atoms with Gasteiger partial charge in [-0.05, 0) is 38.0 Å². The highest BCUT2D eigenvalue weighted by atomic mass is 32.2. The predicted octanol–water partition coefficient (Wildman–Crippen LogP) is 3.20. The molecule has 0 spiro atoms. The van der Waals surface area contributed by atoms with Crippen LogP contribution in [-0.2, 0) is 14.8 Å². The van der Waals surface area contributed by atoms with Gasteiger partial charge in [-0.3, -0.25) is 19.9 Å². The van der Waals surface area contributed by atoms with Crippen LogP contribution in [0.4, 0.5) is 11.4 Å². The van der Waals surface area contributed by atoms with Gasteiger partial charge in [0.25, 0.3) is 5.69 Å². The van der Waals surface area contributed by atoms with Gasteiger partial charge in [0.2, 0.25) is 15.9 Å². The van der Waals surface area contributed by atoms with Gasteiger partial charge in [0.05, 0.1) is 21.3 Å². The maximum absolute atomic E-state index is 13.4. The smallest absolute Gasteiger partial charge is 0.270 e. The number of nitro benzene ring substituents is 1. The lowest BCUT2D eigenvalue weighted by atomic mass is 9.97. The molecule has 2 fully saturated rings. The molecule has 0 radical (unpaired) electrons. The van der Waals surface area contributed by atoms with Gasteiger partial charge in [-0.15, -0.1) is 0 Å². The van der Waals surface area contributed by atoms with Crippen molar-refractivity contribution in [1.82, 2.24) is 14.2 Å². The molecule has 3 heterocycles. The van der Waals surface area contributed by atoms with Gasteiger partial charge in [0, 0.05) is 68.2 Å². The number of fused-ring (bicyclic) bond motifs is 1. The summed E-state index contributed by atoms with van der Waals surface area (Å²) in [5, 5.41) is 12.2. The van der Waals surface area contributed by atoms with E-state index in [-0.39, 0.29) is 29.6 Å². The molecule has 194 valence electrons. The number of hydrogen-bond donors (Lipinski definition) is 0. The van der Waals surface area contributed by atoms with Crippen LogP contribution in [0, 0.1) is 23.0 Å². The number of aromatic nitrogens is 1. The normalized spacial score (nSPS) is 19.2. The minimum Gasteiger partial charge on any atom is -0.367 e. The van der Waals surface area contributed by atoms with Crippen LogP contribution in [0.15, 0.2) is 59.5 Å². The monoisotopic (exact) mass is 523 g/mol. The Morgan fingerprint density at radius 3 is 2.54 bits per heavy atom. The van der Waals surface area contributed by atoms with E-state index in [2.05, 4.69) is 22.0 Å². The van der Waals surface area contributed by atoms with E-state index >= 15 is 0 Å². The third-order valence-electron chi connectivity index (χ3n) is 7.15. The molecule has 1 unspecified atom stereocenters. The molecule has 2 aromatic carbocycles. The SMILES string of the molecule is Cc1cc(N2CCN(C(=O)C3CCCN(S(=O)(=O)c4cccc([N+](=O)[O-])c4)C3)CC2)c2ccccc2n1. The number of rotatable bonds is 5. The molecule has 0 N–H and O–H groups in total. The third kappa shape index (κ3) is 5.01. The first-order chi connectivity index (χ1) is 17.7. The van der Waals surface area contributed by atoms with Crippen LogP contribution in [0.2, 0.25) is 0 Å². The zero-order valence-electron chi connectivity index (χ0n) is 20.6. The van der Waals surface area contributed by atoms with Crippen LogP contribution in [0.1, 0.15) is 18.5 Å². The van der Waals surface area contributed by atoms with Crippen LogP contribution in [-0.4, -0.2) is 72.7 Å². The Bertz CT molecular complexity index is 1450. The Kier molecular flexibility index (Phi) is 6.82. The summed E-state index contributed by atoms with van der Waals surface area (Å²) < 4.78 is 27.7. The molecular formula is C26H29N5O5S. The number of piperidine rings is 1. The minimum atomic E-state index is -3.94. The summed E-state index contributed by atoms with van der Waals surface area (Å²) in [5.41, 5.74) is 2.73. The van der Waals surface area contributed by atoms with E-state index in [1.54, 1.807) is 0 Å². The number of anilines is 1. The van der Waals surface area contributed by atoms with Crippen LogP contribution < -0.4 is 4.90 Å². The van der Waals surface area contributed by atoms with Gasteiger partial charge >= 0.3 is 0 Å². The molecule has 0 aliphatic carbocycles. The number of non-ortho nitro benzene ring substituents is 1. The third-order valence-corrected chi connectivity index (χ3v) is 9.02. The molecule has 5 rings (SSSR count). The van der Waals surface area contributed by atoms with Gasteiger partial charge in [-0.1, -0.05) is 24.3 Å². The van der Waals surface area contributed by atoms with Crippen molar-refractivity contribution in [2.45, 2.75) is 24.7 Å². The second kappa shape index (κ2) is 10.1. The Morgan fingerprint density at radius 1 is 1.03 bits per heavy atom. The number of nitro groups is 1. The molecule has 37 heavy (non-hydrogen) atoms. The van der Waals surface area contributed by atoms with E-state index < -0.39 is 20.9 Å². The van der Waals surface area contributed by atoms with Crippen molar-refractivity contribution in [2.75, 3.05) is 44.2 Å². The predicted molar refractivity (Wildman–Crippen MR) is 140 cm³/mol. The number of nitrogens with zero attached hydrogens (tertiary/aromatic N) is 5. The van der Waals surface area contributed by atoms with E-state index in [0.717, 1.165) is 28.4 Å². The minimum absolute atomic E-state index is 0.0330. The maximum atomic E-state index is 13.4. The average Bonchev–Trinajstić information content (AvgIpc) is 2.92. The van der Waals surface area contributed by atoms with Gasteiger partial charge in [0.1, 0.15) is 0 Å². The first kappa shape index (κ1) is 25.1. The second-order valence-corrected chi connectivity index (χ2v) is 11.5. The van der Waals surface area contributed by atoms with Crippen molar-refractivity contribution in [3.8, 4) is 0 Å². The lowest BCUT2D eigenvalue weighted by Crippen LogP contribution is -2.53. The number of amides is 1. The summed E-state index contributed by atoms with van der Waals surface area (Å²) in [7, 11) is -3.94. The maximum Gasteiger partial charge on any atom is 0.270 e. The highest BCUT2D eigenvalue weighted by Crippen LogP contribution is 2.30. The Labute approximate surface area is 215 Å². The Morgan fingerprint density at radius 2 is 1.78 bits per heavy atom. The fourth-order valence-electron chi connectivity index (χ4n) is 5.24. The summed E-state index contributed by atoms with van der Waals surface area (Å²) in [6, 6.07) is 15.2. The Hall–Kier alpha value is -3.57. The van der Waals surface area contributed by atoms with Gasteiger partial charge in [0.15, 0.2) is 0 Å². The highest BCUT2D eigenvalue weighted by molar-refractivity contribution is 7.89. The standard InChI is InChI=1S/C26H29N5O5S/c1-19-16-25(23-9-2-3-10-24(23)27-19)28-12-14-29(15-13-28)26(32)20-6-5-11-30(18-20)37(35,36)22-8-4-7-21(17-22)31(33)34/h2-4,7-10,16-17,20H,5-6,11-15,18H2,1H3. The zero-order valence-corrected chi connectivity index (χ0v) is 21.4. The number of pyridine rings is 1. The van der Waals surface area contributed by atoms with Crippen molar-refractivity contribution >= 4 is 38.2 Å². The first-order valence-corrected chi connectivity index (χ1v) is 13.8. The summed E-state index contributed by atoms with van der Waals surface area (Å²) in [6.07, 6.45) is 1.18. The lowest BCUT2D eigenvalue weighted by Gasteiger charge is -2.39. The molecule has 1 atom stereocenters. The van der Waals surface area contributed by atoms with Crippen molar-refractivity contribution in [1.29, 1.82) is 0 Å². The fourth-order valence-corrected chi connectivity index (χ4v) is 6.81. The summed E-state index contributed by atoms with van der Waals surface area (Å²) >= 11 is 0. The Balaban J connectivity index is 1.26. The largest absolute Gasteiger partial charge is 0.367 e.